The maximum Gasteiger partial charge on any atom is 0.416 e. The van der Waals surface area contributed by atoms with Crippen LogP contribution in [0.1, 0.15) is 12.0 Å². The number of piperidine rings is 1. The average Bonchev–Trinajstić information content (AvgIpc) is 2.38. The summed E-state index contributed by atoms with van der Waals surface area (Å²) in [7, 11) is 3.89. The number of anilines is 1. The summed E-state index contributed by atoms with van der Waals surface area (Å²) in [5.74, 6) is 0. The summed E-state index contributed by atoms with van der Waals surface area (Å²) in [6, 6.07) is 5.70. The van der Waals surface area contributed by atoms with Gasteiger partial charge in [-0.1, -0.05) is 6.07 Å². The van der Waals surface area contributed by atoms with E-state index in [-0.39, 0.29) is 12.1 Å². The Morgan fingerprint density at radius 1 is 1.30 bits per heavy atom. The van der Waals surface area contributed by atoms with Crippen LogP contribution in [0.3, 0.4) is 0 Å². The predicted octanol–water partition coefficient (Wildman–Crippen LogP) is 2.17. The van der Waals surface area contributed by atoms with Crippen molar-refractivity contribution in [1.82, 2.24) is 4.90 Å². The van der Waals surface area contributed by atoms with Crippen molar-refractivity contribution in [1.29, 1.82) is 0 Å². The van der Waals surface area contributed by atoms with Gasteiger partial charge in [-0.15, -0.1) is 0 Å². The number of halogens is 3. The monoisotopic (exact) mass is 287 g/mol. The molecule has 1 aliphatic heterocycles. The van der Waals surface area contributed by atoms with Gasteiger partial charge in [-0.2, -0.15) is 13.2 Å². The lowest BCUT2D eigenvalue weighted by Gasteiger charge is -2.41. The number of hydrogen-bond donors (Lipinski definition) is 1. The van der Waals surface area contributed by atoms with Gasteiger partial charge in [-0.3, -0.25) is 0 Å². The van der Waals surface area contributed by atoms with Crippen molar-refractivity contribution in [2.45, 2.75) is 24.7 Å². The summed E-state index contributed by atoms with van der Waals surface area (Å²) in [4.78, 5) is 4.01. The highest BCUT2D eigenvalue weighted by Gasteiger charge is 2.32. The minimum Gasteiger partial charge on any atom is -0.370 e. The normalized spacial score (nSPS) is 24.2. The first-order valence-electron chi connectivity index (χ1n) is 6.63. The molecule has 0 aliphatic carbocycles. The van der Waals surface area contributed by atoms with Gasteiger partial charge in [0, 0.05) is 30.9 Å². The van der Waals surface area contributed by atoms with Gasteiger partial charge in [0.1, 0.15) is 0 Å². The standard InChI is InChI=1S/C14H20F3N3/c1-19(2)13-9-20(7-6-12(13)18)11-5-3-4-10(8-11)14(15,16)17/h3-5,8,12-13H,6-7,9,18H2,1-2H3/t12-,13-/m0/s1. The lowest BCUT2D eigenvalue weighted by molar-refractivity contribution is -0.137. The molecule has 2 rings (SSSR count). The van der Waals surface area contributed by atoms with Crippen molar-refractivity contribution in [2.75, 3.05) is 32.1 Å². The molecular formula is C14H20F3N3. The van der Waals surface area contributed by atoms with E-state index in [1.165, 1.54) is 12.1 Å². The molecule has 0 radical (unpaired) electrons. The van der Waals surface area contributed by atoms with E-state index in [9.17, 15) is 13.2 Å². The molecule has 3 nitrogen and oxygen atoms in total. The van der Waals surface area contributed by atoms with Gasteiger partial charge in [-0.05, 0) is 38.7 Å². The van der Waals surface area contributed by atoms with Gasteiger partial charge in [-0.25, -0.2) is 0 Å². The fourth-order valence-electron chi connectivity index (χ4n) is 2.61. The molecule has 1 aromatic carbocycles. The van der Waals surface area contributed by atoms with Crippen LogP contribution in [0, 0.1) is 0 Å². The first-order chi connectivity index (χ1) is 9.29. The number of benzene rings is 1. The fraction of sp³-hybridized carbons (Fsp3) is 0.571. The van der Waals surface area contributed by atoms with E-state index in [0.717, 1.165) is 12.5 Å². The molecule has 1 saturated heterocycles. The first-order valence-corrected chi connectivity index (χ1v) is 6.63. The van der Waals surface area contributed by atoms with Crippen molar-refractivity contribution >= 4 is 5.69 Å². The van der Waals surface area contributed by atoms with Gasteiger partial charge in [0.2, 0.25) is 0 Å². The Morgan fingerprint density at radius 2 is 2.00 bits per heavy atom. The molecule has 1 fully saturated rings. The molecule has 1 heterocycles. The Bertz CT molecular complexity index is 459. The van der Waals surface area contributed by atoms with Crippen molar-refractivity contribution in [3.63, 3.8) is 0 Å². The molecule has 2 N–H and O–H groups in total. The molecule has 0 aromatic heterocycles. The summed E-state index contributed by atoms with van der Waals surface area (Å²) in [6.07, 6.45) is -3.53. The van der Waals surface area contributed by atoms with E-state index in [2.05, 4.69) is 0 Å². The van der Waals surface area contributed by atoms with E-state index >= 15 is 0 Å². The fourth-order valence-corrected chi connectivity index (χ4v) is 2.61. The number of alkyl halides is 3. The molecule has 0 spiro atoms. The lowest BCUT2D eigenvalue weighted by Crippen LogP contribution is -2.56. The molecule has 112 valence electrons. The molecule has 0 bridgehead atoms. The van der Waals surface area contributed by atoms with Crippen LogP contribution < -0.4 is 10.6 Å². The number of likely N-dealkylation sites (N-methyl/N-ethyl adjacent to an activating group) is 1. The Hall–Kier alpha value is -1.27. The van der Waals surface area contributed by atoms with Crippen LogP contribution in [-0.4, -0.2) is 44.2 Å². The van der Waals surface area contributed by atoms with E-state index in [0.29, 0.717) is 18.8 Å². The van der Waals surface area contributed by atoms with Crippen LogP contribution in [0.4, 0.5) is 18.9 Å². The Balaban J connectivity index is 2.20. The van der Waals surface area contributed by atoms with E-state index in [1.807, 2.05) is 23.9 Å². The smallest absolute Gasteiger partial charge is 0.370 e. The molecule has 20 heavy (non-hydrogen) atoms. The second-order valence-electron chi connectivity index (χ2n) is 5.48. The minimum atomic E-state index is -4.30. The highest BCUT2D eigenvalue weighted by molar-refractivity contribution is 5.50. The van der Waals surface area contributed by atoms with E-state index < -0.39 is 11.7 Å². The van der Waals surface area contributed by atoms with Crippen LogP contribution >= 0.6 is 0 Å². The van der Waals surface area contributed by atoms with Gasteiger partial charge in [0.05, 0.1) is 5.56 Å². The number of hydrogen-bond acceptors (Lipinski definition) is 3. The molecule has 0 unspecified atom stereocenters. The summed E-state index contributed by atoms with van der Waals surface area (Å²) in [6.45, 7) is 1.34. The number of nitrogens with zero attached hydrogens (tertiary/aromatic N) is 2. The second-order valence-corrected chi connectivity index (χ2v) is 5.48. The summed E-state index contributed by atoms with van der Waals surface area (Å²) in [5.41, 5.74) is 6.08. The van der Waals surface area contributed by atoms with Gasteiger partial charge in [0.15, 0.2) is 0 Å². The third kappa shape index (κ3) is 3.24. The molecular weight excluding hydrogens is 267 g/mol. The molecule has 2 atom stereocenters. The molecule has 0 amide bonds. The van der Waals surface area contributed by atoms with Crippen LogP contribution in [0.2, 0.25) is 0 Å². The topological polar surface area (TPSA) is 32.5 Å². The summed E-state index contributed by atoms with van der Waals surface area (Å²) in [5, 5.41) is 0. The summed E-state index contributed by atoms with van der Waals surface area (Å²) < 4.78 is 38.3. The van der Waals surface area contributed by atoms with Crippen LogP contribution in [0.5, 0.6) is 0 Å². The minimum absolute atomic E-state index is 0.0621. The lowest BCUT2D eigenvalue weighted by atomic mass is 9.98. The highest BCUT2D eigenvalue weighted by atomic mass is 19.4. The van der Waals surface area contributed by atoms with Gasteiger partial charge in [0.25, 0.3) is 0 Å². The first kappa shape index (κ1) is 15.1. The number of rotatable bonds is 2. The second kappa shape index (κ2) is 5.61. The van der Waals surface area contributed by atoms with Gasteiger partial charge < -0.3 is 15.5 Å². The third-order valence-electron chi connectivity index (χ3n) is 3.84. The molecule has 1 aromatic rings. The Morgan fingerprint density at radius 3 is 2.60 bits per heavy atom. The van der Waals surface area contributed by atoms with Crippen molar-refractivity contribution < 1.29 is 13.2 Å². The Kier molecular flexibility index (Phi) is 4.25. The van der Waals surface area contributed by atoms with Crippen LogP contribution in [-0.2, 0) is 6.18 Å². The van der Waals surface area contributed by atoms with Crippen LogP contribution in [0.15, 0.2) is 24.3 Å². The zero-order chi connectivity index (χ0) is 14.9. The van der Waals surface area contributed by atoms with Crippen molar-refractivity contribution in [3.8, 4) is 0 Å². The average molecular weight is 287 g/mol. The van der Waals surface area contributed by atoms with Gasteiger partial charge >= 0.3 is 6.18 Å². The zero-order valence-electron chi connectivity index (χ0n) is 11.7. The Labute approximate surface area is 117 Å². The third-order valence-corrected chi connectivity index (χ3v) is 3.84. The van der Waals surface area contributed by atoms with Crippen LogP contribution in [0.25, 0.3) is 0 Å². The number of nitrogens with two attached hydrogens (primary N) is 1. The maximum atomic E-state index is 12.8. The van der Waals surface area contributed by atoms with E-state index in [1.54, 1.807) is 6.07 Å². The highest BCUT2D eigenvalue weighted by Crippen LogP contribution is 2.32. The quantitative estimate of drug-likeness (QED) is 0.905. The zero-order valence-corrected chi connectivity index (χ0v) is 11.7. The summed E-state index contributed by atoms with van der Waals surface area (Å²) >= 11 is 0. The van der Waals surface area contributed by atoms with Crippen molar-refractivity contribution in [3.05, 3.63) is 29.8 Å². The largest absolute Gasteiger partial charge is 0.416 e. The maximum absolute atomic E-state index is 12.8. The SMILES string of the molecule is CN(C)[C@H]1CN(c2cccc(C(F)(F)F)c2)CC[C@@H]1N. The molecule has 1 aliphatic rings. The van der Waals surface area contributed by atoms with Crippen molar-refractivity contribution in [2.24, 2.45) is 5.73 Å². The van der Waals surface area contributed by atoms with E-state index in [4.69, 9.17) is 5.73 Å². The molecule has 6 heteroatoms. The molecule has 0 saturated carbocycles. The predicted molar refractivity (Wildman–Crippen MR) is 73.7 cm³/mol.